The quantitative estimate of drug-likeness (QED) is 0.741. The van der Waals surface area contributed by atoms with Gasteiger partial charge in [0, 0.05) is 43.0 Å². The number of hydrogen-bond acceptors (Lipinski definition) is 4. The first-order valence-corrected chi connectivity index (χ1v) is 9.63. The monoisotopic (exact) mass is 392 g/mol. The second-order valence-electron chi connectivity index (χ2n) is 7.20. The summed E-state index contributed by atoms with van der Waals surface area (Å²) in [6.45, 7) is 1.08. The molecule has 0 aliphatic carbocycles. The summed E-state index contributed by atoms with van der Waals surface area (Å²) in [6.07, 6.45) is 4.96. The number of benzene rings is 1. The van der Waals surface area contributed by atoms with Crippen molar-refractivity contribution >= 4 is 5.91 Å². The number of piperidine rings is 1. The molecule has 1 fully saturated rings. The Kier molecular flexibility index (Phi) is 5.46. The van der Waals surface area contributed by atoms with E-state index < -0.39 is 0 Å². The first kappa shape index (κ1) is 19.0. The van der Waals surface area contributed by atoms with Crippen LogP contribution in [0.1, 0.15) is 30.1 Å². The van der Waals surface area contributed by atoms with Crippen molar-refractivity contribution < 1.29 is 9.18 Å². The highest BCUT2D eigenvalue weighted by Crippen LogP contribution is 2.26. The van der Waals surface area contributed by atoms with Gasteiger partial charge in [0.15, 0.2) is 0 Å². The van der Waals surface area contributed by atoms with Crippen LogP contribution >= 0.6 is 0 Å². The van der Waals surface area contributed by atoms with Gasteiger partial charge in [0.1, 0.15) is 11.6 Å². The fourth-order valence-corrected chi connectivity index (χ4v) is 3.68. The summed E-state index contributed by atoms with van der Waals surface area (Å²) in [5.41, 5.74) is 1.57. The minimum absolute atomic E-state index is 0.0282. The van der Waals surface area contributed by atoms with Gasteiger partial charge in [-0.15, -0.1) is 0 Å². The van der Waals surface area contributed by atoms with Crippen molar-refractivity contribution in [2.24, 2.45) is 0 Å². The Balaban J connectivity index is 1.53. The van der Waals surface area contributed by atoms with Gasteiger partial charge < -0.3 is 9.88 Å². The molecule has 1 aromatic carbocycles. The van der Waals surface area contributed by atoms with Gasteiger partial charge in [0.2, 0.25) is 5.91 Å². The highest BCUT2D eigenvalue weighted by molar-refractivity contribution is 5.79. The zero-order valence-electron chi connectivity index (χ0n) is 15.8. The Bertz CT molecular complexity index is 1070. The molecular formula is C22H21FN4O2. The average Bonchev–Trinajstić information content (AvgIpc) is 2.75. The molecule has 1 aliphatic heterocycles. The molecule has 1 atom stereocenters. The summed E-state index contributed by atoms with van der Waals surface area (Å²) < 4.78 is 13.9. The molecule has 29 heavy (non-hydrogen) atoms. The molecule has 2 aromatic heterocycles. The molecule has 4 rings (SSSR count). The maximum atomic E-state index is 13.9. The Morgan fingerprint density at radius 3 is 2.79 bits per heavy atom. The standard InChI is InChI=1S/C22H21FN4O2/c23-18-6-2-1-4-16(18)12-21(29)27-11-3-5-17(14-27)22-25-19(13-20(28)26-22)15-7-9-24-10-8-15/h1-2,4,6-10,13,17H,3,5,11-12,14H2,(H,25,26,28)/t17-/m0/s1. The van der Waals surface area contributed by atoms with E-state index in [2.05, 4.69) is 15.0 Å². The average molecular weight is 392 g/mol. The fourth-order valence-electron chi connectivity index (χ4n) is 3.68. The molecule has 1 N–H and O–H groups in total. The molecule has 7 heteroatoms. The predicted molar refractivity (Wildman–Crippen MR) is 107 cm³/mol. The van der Waals surface area contributed by atoms with Crippen molar-refractivity contribution in [2.75, 3.05) is 13.1 Å². The van der Waals surface area contributed by atoms with E-state index in [0.717, 1.165) is 18.4 Å². The van der Waals surface area contributed by atoms with Crippen molar-refractivity contribution in [3.05, 3.63) is 82.4 Å². The second kappa shape index (κ2) is 8.34. The molecular weight excluding hydrogens is 371 g/mol. The summed E-state index contributed by atoms with van der Waals surface area (Å²) in [4.78, 5) is 38.1. The van der Waals surface area contributed by atoms with Crippen molar-refractivity contribution in [1.29, 1.82) is 0 Å². The van der Waals surface area contributed by atoms with Crippen molar-refractivity contribution in [2.45, 2.75) is 25.2 Å². The number of carbonyl (C=O) groups is 1. The van der Waals surface area contributed by atoms with Crippen molar-refractivity contribution in [1.82, 2.24) is 19.9 Å². The normalized spacial score (nSPS) is 16.6. The second-order valence-corrected chi connectivity index (χ2v) is 7.20. The van der Waals surface area contributed by atoms with Gasteiger partial charge in [-0.1, -0.05) is 18.2 Å². The molecule has 148 valence electrons. The Hall–Kier alpha value is -3.35. The van der Waals surface area contributed by atoms with E-state index >= 15 is 0 Å². The topological polar surface area (TPSA) is 79.0 Å². The molecule has 0 bridgehead atoms. The zero-order chi connectivity index (χ0) is 20.2. The number of carbonyl (C=O) groups excluding carboxylic acids is 1. The third kappa shape index (κ3) is 4.39. The highest BCUT2D eigenvalue weighted by Gasteiger charge is 2.27. The number of aromatic amines is 1. The number of pyridine rings is 1. The lowest BCUT2D eigenvalue weighted by atomic mass is 9.96. The van der Waals surface area contributed by atoms with E-state index in [1.807, 2.05) is 0 Å². The van der Waals surface area contributed by atoms with Crippen LogP contribution in [-0.2, 0) is 11.2 Å². The molecule has 1 saturated heterocycles. The van der Waals surface area contributed by atoms with Gasteiger partial charge in [-0.05, 0) is 36.6 Å². The minimum atomic E-state index is -0.370. The van der Waals surface area contributed by atoms with E-state index in [4.69, 9.17) is 0 Å². The van der Waals surface area contributed by atoms with Crippen molar-refractivity contribution in [3.63, 3.8) is 0 Å². The third-order valence-electron chi connectivity index (χ3n) is 5.20. The molecule has 6 nitrogen and oxygen atoms in total. The maximum Gasteiger partial charge on any atom is 0.251 e. The first-order valence-electron chi connectivity index (χ1n) is 9.63. The van der Waals surface area contributed by atoms with Gasteiger partial charge in [0.25, 0.3) is 5.56 Å². The lowest BCUT2D eigenvalue weighted by Gasteiger charge is -2.32. The molecule has 0 saturated carbocycles. The van der Waals surface area contributed by atoms with Crippen LogP contribution in [0, 0.1) is 5.82 Å². The van der Waals surface area contributed by atoms with Crippen LogP contribution in [0.3, 0.4) is 0 Å². The molecule has 1 amide bonds. The summed E-state index contributed by atoms with van der Waals surface area (Å²) in [5.74, 6) is 0.0217. The van der Waals surface area contributed by atoms with E-state index in [1.54, 1.807) is 47.6 Å². The van der Waals surface area contributed by atoms with Crippen LogP contribution < -0.4 is 5.56 Å². The highest BCUT2D eigenvalue weighted by atomic mass is 19.1. The van der Waals surface area contributed by atoms with Gasteiger partial charge in [-0.2, -0.15) is 0 Å². The van der Waals surface area contributed by atoms with E-state index in [9.17, 15) is 14.0 Å². The number of likely N-dealkylation sites (tertiary alicyclic amines) is 1. The number of H-pyrrole nitrogens is 1. The van der Waals surface area contributed by atoms with Gasteiger partial charge in [-0.3, -0.25) is 14.6 Å². The van der Waals surface area contributed by atoms with Crippen LogP contribution in [0.15, 0.2) is 59.7 Å². The van der Waals surface area contributed by atoms with E-state index in [-0.39, 0.29) is 29.6 Å². The molecule has 3 heterocycles. The number of nitrogens with zero attached hydrogens (tertiary/aromatic N) is 3. The first-order chi connectivity index (χ1) is 14.1. The Labute approximate surface area is 167 Å². The largest absolute Gasteiger partial charge is 0.342 e. The lowest BCUT2D eigenvalue weighted by Crippen LogP contribution is -2.40. The third-order valence-corrected chi connectivity index (χ3v) is 5.20. The van der Waals surface area contributed by atoms with Crippen LogP contribution in [0.5, 0.6) is 0 Å². The summed E-state index contributed by atoms with van der Waals surface area (Å²) in [5, 5.41) is 0. The van der Waals surface area contributed by atoms with Crippen molar-refractivity contribution in [3.8, 4) is 11.3 Å². The van der Waals surface area contributed by atoms with Crippen LogP contribution in [0.2, 0.25) is 0 Å². The van der Waals surface area contributed by atoms with E-state index in [1.165, 1.54) is 12.1 Å². The van der Waals surface area contributed by atoms with Crippen LogP contribution in [0.4, 0.5) is 4.39 Å². The summed E-state index contributed by atoms with van der Waals surface area (Å²) >= 11 is 0. The minimum Gasteiger partial charge on any atom is -0.342 e. The number of halogens is 1. The molecule has 0 spiro atoms. The number of nitrogens with one attached hydrogen (secondary N) is 1. The van der Waals surface area contributed by atoms with Crippen LogP contribution in [0.25, 0.3) is 11.3 Å². The number of rotatable bonds is 4. The lowest BCUT2D eigenvalue weighted by molar-refractivity contribution is -0.131. The molecule has 1 aliphatic rings. The molecule has 0 unspecified atom stereocenters. The van der Waals surface area contributed by atoms with Gasteiger partial charge in [0.05, 0.1) is 12.1 Å². The van der Waals surface area contributed by atoms with Gasteiger partial charge >= 0.3 is 0 Å². The summed E-state index contributed by atoms with van der Waals surface area (Å²) in [6, 6.07) is 11.4. The summed E-state index contributed by atoms with van der Waals surface area (Å²) in [7, 11) is 0. The fraction of sp³-hybridized carbons (Fsp3) is 0.273. The molecule has 3 aromatic rings. The van der Waals surface area contributed by atoms with Gasteiger partial charge in [-0.25, -0.2) is 9.37 Å². The number of hydrogen-bond donors (Lipinski definition) is 1. The Morgan fingerprint density at radius 2 is 2.00 bits per heavy atom. The predicted octanol–water partition coefficient (Wildman–Crippen LogP) is 2.92. The number of aromatic nitrogens is 3. The number of amides is 1. The van der Waals surface area contributed by atoms with E-state index in [0.29, 0.717) is 30.2 Å². The smallest absolute Gasteiger partial charge is 0.251 e. The maximum absolute atomic E-state index is 13.9. The SMILES string of the molecule is O=C(Cc1ccccc1F)N1CCC[C@H](c2nc(-c3ccncc3)cc(=O)[nH]2)C1. The van der Waals surface area contributed by atoms with Crippen LogP contribution in [-0.4, -0.2) is 38.8 Å². The Morgan fingerprint density at radius 1 is 1.21 bits per heavy atom. The zero-order valence-corrected chi connectivity index (χ0v) is 15.8. The molecule has 0 radical (unpaired) electrons.